The minimum Gasteiger partial charge on any atom is -0.379 e. The number of nitrogens with zero attached hydrogens (tertiary/aromatic N) is 2. The maximum Gasteiger partial charge on any atom is 0.230 e. The Morgan fingerprint density at radius 2 is 1.70 bits per heavy atom. The number of allylic oxidation sites excluding steroid dienone is 1. The van der Waals surface area contributed by atoms with Gasteiger partial charge in [-0.3, -0.25) is 10.2 Å². The zero-order valence-electron chi connectivity index (χ0n) is 28.9. The molecule has 0 radical (unpaired) electrons. The van der Waals surface area contributed by atoms with Crippen LogP contribution in [0.1, 0.15) is 90.2 Å². The van der Waals surface area contributed by atoms with Crippen LogP contribution in [0.2, 0.25) is 0 Å². The average Bonchev–Trinajstić information content (AvgIpc) is 3.04. The lowest BCUT2D eigenvalue weighted by molar-refractivity contribution is -0.134. The molecule has 0 bridgehead atoms. The molecule has 0 aromatic heterocycles. The molecule has 1 amide bonds. The van der Waals surface area contributed by atoms with E-state index < -0.39 is 5.54 Å². The number of amides is 1. The Kier molecular flexibility index (Phi) is 14.1. The molecular formula is C39H58N6O. The van der Waals surface area contributed by atoms with E-state index in [1.807, 2.05) is 68.0 Å². The molecule has 7 nitrogen and oxygen atoms in total. The smallest absolute Gasteiger partial charge is 0.230 e. The first kappa shape index (κ1) is 36.6. The number of likely N-dealkylation sites (tertiary alicyclic amines) is 1. The molecule has 1 aliphatic rings. The maximum absolute atomic E-state index is 13.8. The van der Waals surface area contributed by atoms with Crippen molar-refractivity contribution in [1.29, 1.82) is 5.41 Å². The Hall–Kier alpha value is -3.84. The summed E-state index contributed by atoms with van der Waals surface area (Å²) >= 11 is 0. The average molecular weight is 627 g/mol. The van der Waals surface area contributed by atoms with E-state index >= 15 is 0 Å². The second-order valence-corrected chi connectivity index (χ2v) is 13.5. The van der Waals surface area contributed by atoms with Crippen LogP contribution in [-0.4, -0.2) is 52.8 Å². The molecule has 3 rings (SSSR count). The van der Waals surface area contributed by atoms with E-state index in [0.29, 0.717) is 31.1 Å². The van der Waals surface area contributed by atoms with Crippen LogP contribution in [-0.2, 0) is 11.2 Å². The normalized spacial score (nSPS) is 15.5. The first-order chi connectivity index (χ1) is 21.9. The minimum absolute atomic E-state index is 0.0752. The topological polar surface area (TPSA) is 97.5 Å². The second-order valence-electron chi connectivity index (χ2n) is 13.5. The number of piperidine rings is 1. The summed E-state index contributed by atoms with van der Waals surface area (Å²) < 4.78 is 0. The van der Waals surface area contributed by atoms with E-state index in [4.69, 9.17) is 11.1 Å². The predicted octanol–water partition coefficient (Wildman–Crippen LogP) is 7.30. The number of rotatable bonds is 17. The van der Waals surface area contributed by atoms with E-state index in [2.05, 4.69) is 67.1 Å². The lowest BCUT2D eigenvalue weighted by atomic mass is 9.91. The highest BCUT2D eigenvalue weighted by molar-refractivity contribution is 5.84. The van der Waals surface area contributed by atoms with E-state index in [0.717, 1.165) is 67.8 Å². The SMILES string of the molecule is C=C(N/C(C)=C/N(CCC(C(=O)N1CCC(C)CC1)c1ccccc1)C(=N)CC)C(CCCc1ccccc1)NC(=C)C(C)(C)N. The number of benzene rings is 2. The van der Waals surface area contributed by atoms with Gasteiger partial charge in [0.1, 0.15) is 0 Å². The predicted molar refractivity (Wildman–Crippen MR) is 193 cm³/mol. The van der Waals surface area contributed by atoms with Crippen molar-refractivity contribution in [2.45, 2.75) is 97.1 Å². The first-order valence-corrected chi connectivity index (χ1v) is 17.0. The van der Waals surface area contributed by atoms with Crippen LogP contribution in [0.3, 0.4) is 0 Å². The first-order valence-electron chi connectivity index (χ1n) is 17.0. The summed E-state index contributed by atoms with van der Waals surface area (Å²) in [7, 11) is 0. The summed E-state index contributed by atoms with van der Waals surface area (Å²) in [4.78, 5) is 17.8. The summed E-state index contributed by atoms with van der Waals surface area (Å²) in [5.74, 6) is 1.12. The Bertz CT molecular complexity index is 1300. The van der Waals surface area contributed by atoms with Gasteiger partial charge in [0.25, 0.3) is 0 Å². The van der Waals surface area contributed by atoms with Gasteiger partial charge in [-0.15, -0.1) is 0 Å². The summed E-state index contributed by atoms with van der Waals surface area (Å²) in [6.07, 6.45) is 8.10. The van der Waals surface area contributed by atoms with Gasteiger partial charge in [-0.05, 0) is 76.3 Å². The third-order valence-corrected chi connectivity index (χ3v) is 8.99. The molecule has 1 saturated heterocycles. The van der Waals surface area contributed by atoms with Gasteiger partial charge in [0.05, 0.1) is 17.8 Å². The summed E-state index contributed by atoms with van der Waals surface area (Å²) in [5, 5.41) is 15.8. The van der Waals surface area contributed by atoms with Gasteiger partial charge in [-0.1, -0.05) is 87.7 Å². The molecular weight excluding hydrogens is 568 g/mol. The highest BCUT2D eigenvalue weighted by Crippen LogP contribution is 2.26. The molecule has 2 aromatic rings. The molecule has 0 saturated carbocycles. The quantitative estimate of drug-likeness (QED) is 0.109. The largest absolute Gasteiger partial charge is 0.379 e. The molecule has 2 aromatic carbocycles. The monoisotopic (exact) mass is 626 g/mol. The van der Waals surface area contributed by atoms with E-state index in [9.17, 15) is 4.79 Å². The molecule has 2 atom stereocenters. The van der Waals surface area contributed by atoms with Crippen molar-refractivity contribution in [3.05, 3.63) is 108 Å². The highest BCUT2D eigenvalue weighted by Gasteiger charge is 2.29. The standard InChI is InChI=1S/C39H58N6O/c1-8-37(40)45(27-24-35(34-19-13-10-14-20-34)38(46)44-25-22-29(2)23-26-44)28-30(3)42-31(4)36(43-32(5)39(6,7)41)21-15-18-33-16-11-9-12-17-33/h9-14,16-17,19-20,28-29,35-36,40,42-43H,4-5,8,15,18,21-27,41H2,1-3,6-7H3/b30-28+,40-37?. The van der Waals surface area contributed by atoms with E-state index in [1.54, 1.807) is 0 Å². The van der Waals surface area contributed by atoms with Crippen molar-refractivity contribution in [3.63, 3.8) is 0 Å². The van der Waals surface area contributed by atoms with Gasteiger partial charge in [0, 0.05) is 54.9 Å². The van der Waals surface area contributed by atoms with Crippen molar-refractivity contribution >= 4 is 11.7 Å². The third kappa shape index (κ3) is 11.5. The number of nitrogens with one attached hydrogen (secondary N) is 3. The molecule has 7 heteroatoms. The van der Waals surface area contributed by atoms with Crippen LogP contribution < -0.4 is 16.4 Å². The van der Waals surface area contributed by atoms with Crippen molar-refractivity contribution in [2.75, 3.05) is 19.6 Å². The van der Waals surface area contributed by atoms with E-state index in [1.165, 1.54) is 5.56 Å². The van der Waals surface area contributed by atoms with Crippen molar-refractivity contribution in [1.82, 2.24) is 20.4 Å². The molecule has 0 aliphatic carbocycles. The molecule has 0 spiro atoms. The van der Waals surface area contributed by atoms with Crippen molar-refractivity contribution in [2.24, 2.45) is 11.7 Å². The van der Waals surface area contributed by atoms with Gasteiger partial charge in [0.2, 0.25) is 5.91 Å². The summed E-state index contributed by atoms with van der Waals surface area (Å²) in [6.45, 7) is 20.9. The van der Waals surface area contributed by atoms with Gasteiger partial charge >= 0.3 is 0 Å². The van der Waals surface area contributed by atoms with Gasteiger partial charge in [-0.25, -0.2) is 0 Å². The van der Waals surface area contributed by atoms with Gasteiger partial charge < -0.3 is 26.2 Å². The minimum atomic E-state index is -0.574. The van der Waals surface area contributed by atoms with Crippen LogP contribution in [0, 0.1) is 11.3 Å². The number of amidine groups is 1. The molecule has 1 heterocycles. The molecule has 5 N–H and O–H groups in total. The number of hydrogen-bond acceptors (Lipinski definition) is 5. The Labute approximate surface area is 278 Å². The van der Waals surface area contributed by atoms with Crippen molar-refractivity contribution < 1.29 is 4.79 Å². The van der Waals surface area contributed by atoms with Crippen LogP contribution >= 0.6 is 0 Å². The van der Waals surface area contributed by atoms with Gasteiger partial charge in [0.15, 0.2) is 0 Å². The number of hydrogen-bond donors (Lipinski definition) is 4. The molecule has 1 aliphatic heterocycles. The fourth-order valence-electron chi connectivity index (χ4n) is 5.81. The lowest BCUT2D eigenvalue weighted by Gasteiger charge is -2.34. The van der Waals surface area contributed by atoms with Crippen LogP contribution in [0.15, 0.2) is 97.1 Å². The lowest BCUT2D eigenvalue weighted by Crippen LogP contribution is -2.45. The van der Waals surface area contributed by atoms with Crippen LogP contribution in [0.25, 0.3) is 0 Å². The Morgan fingerprint density at radius 3 is 2.28 bits per heavy atom. The number of aryl methyl sites for hydroxylation is 1. The zero-order valence-corrected chi connectivity index (χ0v) is 28.9. The van der Waals surface area contributed by atoms with Gasteiger partial charge in [-0.2, -0.15) is 0 Å². The molecule has 46 heavy (non-hydrogen) atoms. The summed E-state index contributed by atoms with van der Waals surface area (Å²) in [5.41, 5.74) is 10.6. The van der Waals surface area contributed by atoms with Crippen LogP contribution in [0.5, 0.6) is 0 Å². The summed E-state index contributed by atoms with van der Waals surface area (Å²) in [6, 6.07) is 20.5. The maximum atomic E-state index is 13.8. The number of carbonyl (C=O) groups is 1. The second kappa shape index (κ2) is 17.7. The fourth-order valence-corrected chi connectivity index (χ4v) is 5.81. The third-order valence-electron chi connectivity index (χ3n) is 8.99. The van der Waals surface area contributed by atoms with E-state index in [-0.39, 0.29) is 17.9 Å². The fraction of sp³-hybridized carbons (Fsp3) is 0.487. The van der Waals surface area contributed by atoms with Crippen LogP contribution in [0.4, 0.5) is 0 Å². The number of carbonyl (C=O) groups excluding carboxylic acids is 1. The molecule has 1 fully saturated rings. The Balaban J connectivity index is 1.73. The molecule has 250 valence electrons. The zero-order chi connectivity index (χ0) is 33.7. The highest BCUT2D eigenvalue weighted by atomic mass is 16.2. The van der Waals surface area contributed by atoms with Crippen molar-refractivity contribution in [3.8, 4) is 0 Å². The number of nitrogens with two attached hydrogens (primary N) is 1. The Morgan fingerprint density at radius 1 is 1.09 bits per heavy atom. The molecule has 2 unspecified atom stereocenters.